The maximum absolute atomic E-state index is 12.3. The van der Waals surface area contributed by atoms with Crippen LogP contribution in [0.1, 0.15) is 53.5 Å². The number of nitrogens with zero attached hydrogens (tertiary/aromatic N) is 5. The molecule has 1 N–H and O–H groups in total. The van der Waals surface area contributed by atoms with Crippen molar-refractivity contribution in [3.8, 4) is 0 Å². The number of piperazine rings is 1. The smallest absolute Gasteiger partial charge is 0.253 e. The van der Waals surface area contributed by atoms with E-state index in [1.807, 2.05) is 39.2 Å². The molecule has 4 rings (SSSR count). The highest BCUT2D eigenvalue weighted by molar-refractivity contribution is 5.94. The first kappa shape index (κ1) is 31.0. The zero-order valence-electron chi connectivity index (χ0n) is 26.0. The lowest BCUT2D eigenvalue weighted by Crippen LogP contribution is -2.47. The summed E-state index contributed by atoms with van der Waals surface area (Å²) in [5.74, 6) is 1.17. The fourth-order valence-corrected chi connectivity index (χ4v) is 5.38. The number of amides is 1. The van der Waals surface area contributed by atoms with Gasteiger partial charge in [-0.05, 0) is 67.8 Å². The van der Waals surface area contributed by atoms with Gasteiger partial charge in [-0.2, -0.15) is 0 Å². The number of hydrogen-bond donors (Lipinski definition) is 1. The van der Waals surface area contributed by atoms with Crippen molar-refractivity contribution >= 4 is 23.2 Å². The lowest BCUT2D eigenvalue weighted by Gasteiger charge is -2.37. The summed E-state index contributed by atoms with van der Waals surface area (Å²) in [4.78, 5) is 25.8. The number of aryl methyl sites for hydroxylation is 2. The van der Waals surface area contributed by atoms with Crippen molar-refractivity contribution < 1.29 is 4.79 Å². The van der Waals surface area contributed by atoms with Crippen LogP contribution in [-0.4, -0.2) is 93.1 Å². The number of aromatic nitrogens is 1. The summed E-state index contributed by atoms with van der Waals surface area (Å²) in [5, 5.41) is 3.25. The Labute approximate surface area is 241 Å². The molecule has 0 radical (unpaired) electrons. The van der Waals surface area contributed by atoms with E-state index >= 15 is 0 Å². The SMILES string of the molecule is CC.CNC1=CC=C(c2ccnc(C)c2/C=C(\C)CN2CCN(c3ccc(C(=O)N(C)C)cc3C)CC2)CN1C. The summed E-state index contributed by atoms with van der Waals surface area (Å²) in [6.45, 7) is 16.2. The van der Waals surface area contributed by atoms with Crippen LogP contribution >= 0.6 is 0 Å². The van der Waals surface area contributed by atoms with Gasteiger partial charge in [-0.15, -0.1) is 0 Å². The molecular formula is C33H48N6O. The van der Waals surface area contributed by atoms with Gasteiger partial charge in [-0.3, -0.25) is 14.7 Å². The molecule has 1 amide bonds. The molecule has 2 aromatic rings. The predicted molar refractivity (Wildman–Crippen MR) is 170 cm³/mol. The Morgan fingerprint density at radius 1 is 1.07 bits per heavy atom. The Morgan fingerprint density at radius 2 is 1.77 bits per heavy atom. The van der Waals surface area contributed by atoms with E-state index in [4.69, 9.17) is 0 Å². The van der Waals surface area contributed by atoms with E-state index in [0.29, 0.717) is 0 Å². The van der Waals surface area contributed by atoms with Crippen LogP contribution in [-0.2, 0) is 0 Å². The summed E-state index contributed by atoms with van der Waals surface area (Å²) in [6, 6.07) is 8.21. The molecule has 0 unspecified atom stereocenters. The Kier molecular flexibility index (Phi) is 11.0. The standard InChI is InChI=1S/C31H42N6O.C2H6/c1-22(18-28-24(3)33-13-12-27(28)26-9-11-30(32-4)35(7)21-26)20-36-14-16-37(17-15-36)29-10-8-25(19-23(29)2)31(38)34(5)6;1-2/h8-13,18-19,32H,14-17,20-21H2,1-7H3;1-2H3/b22-18+;. The number of hydrogen-bond acceptors (Lipinski definition) is 6. The van der Waals surface area contributed by atoms with Gasteiger partial charge in [0.05, 0.1) is 0 Å². The first-order chi connectivity index (χ1) is 19.2. The fourth-order valence-electron chi connectivity index (χ4n) is 5.38. The van der Waals surface area contributed by atoms with Gasteiger partial charge >= 0.3 is 0 Å². The van der Waals surface area contributed by atoms with E-state index < -0.39 is 0 Å². The van der Waals surface area contributed by atoms with Crippen LogP contribution in [0.5, 0.6) is 0 Å². The Balaban J connectivity index is 0.00000216. The van der Waals surface area contributed by atoms with Crippen LogP contribution in [0.2, 0.25) is 0 Å². The fraction of sp³-hybridized carbons (Fsp3) is 0.455. The minimum Gasteiger partial charge on any atom is -0.375 e. The number of carbonyl (C=O) groups is 1. The van der Waals surface area contributed by atoms with Crippen molar-refractivity contribution in [2.45, 2.75) is 34.6 Å². The molecule has 7 nitrogen and oxygen atoms in total. The Hall–Kier alpha value is -3.58. The number of likely N-dealkylation sites (N-methyl/N-ethyl adjacent to an activating group) is 1. The number of carbonyl (C=O) groups excluding carboxylic acids is 1. The molecule has 7 heteroatoms. The van der Waals surface area contributed by atoms with Gasteiger partial charge in [0, 0.05) is 96.2 Å². The van der Waals surface area contributed by atoms with E-state index in [-0.39, 0.29) is 5.91 Å². The lowest BCUT2D eigenvalue weighted by molar-refractivity contribution is 0.0827. The third-order valence-electron chi connectivity index (χ3n) is 7.48. The monoisotopic (exact) mass is 544 g/mol. The molecule has 40 heavy (non-hydrogen) atoms. The zero-order valence-corrected chi connectivity index (χ0v) is 26.0. The van der Waals surface area contributed by atoms with E-state index in [1.54, 1.807) is 19.0 Å². The van der Waals surface area contributed by atoms with Crippen molar-refractivity contribution in [3.05, 3.63) is 82.0 Å². The molecule has 0 aliphatic carbocycles. The first-order valence-electron chi connectivity index (χ1n) is 14.4. The lowest BCUT2D eigenvalue weighted by atomic mass is 9.95. The van der Waals surface area contributed by atoms with Crippen LogP contribution in [0.3, 0.4) is 0 Å². The van der Waals surface area contributed by atoms with E-state index in [2.05, 4.69) is 83.2 Å². The molecule has 1 fully saturated rings. The van der Waals surface area contributed by atoms with Gasteiger partial charge in [-0.1, -0.05) is 31.6 Å². The molecule has 1 aromatic heterocycles. The number of pyridine rings is 1. The van der Waals surface area contributed by atoms with E-state index in [1.165, 1.54) is 28.0 Å². The quantitative estimate of drug-likeness (QED) is 0.527. The van der Waals surface area contributed by atoms with Crippen molar-refractivity contribution in [1.29, 1.82) is 0 Å². The average molecular weight is 545 g/mol. The minimum atomic E-state index is 0.0460. The molecule has 2 aliphatic rings. The number of rotatable bonds is 7. The van der Waals surface area contributed by atoms with Gasteiger partial charge in [-0.25, -0.2) is 0 Å². The number of nitrogens with one attached hydrogen (secondary N) is 1. The third kappa shape index (κ3) is 7.33. The molecule has 216 valence electrons. The summed E-state index contributed by atoms with van der Waals surface area (Å²) in [5.41, 5.74) is 9.30. The van der Waals surface area contributed by atoms with Gasteiger partial charge in [0.15, 0.2) is 0 Å². The number of anilines is 1. The van der Waals surface area contributed by atoms with Crippen LogP contribution in [0.15, 0.2) is 54.0 Å². The van der Waals surface area contributed by atoms with E-state index in [9.17, 15) is 4.79 Å². The summed E-state index contributed by atoms with van der Waals surface area (Å²) >= 11 is 0. The molecule has 0 atom stereocenters. The largest absolute Gasteiger partial charge is 0.375 e. The van der Waals surface area contributed by atoms with Crippen LogP contribution in [0.4, 0.5) is 5.69 Å². The zero-order chi connectivity index (χ0) is 29.4. The van der Waals surface area contributed by atoms with Crippen molar-refractivity contribution in [2.24, 2.45) is 0 Å². The molecule has 1 saturated heterocycles. The Morgan fingerprint density at radius 3 is 2.38 bits per heavy atom. The van der Waals surface area contributed by atoms with Gasteiger partial charge < -0.3 is 20.0 Å². The van der Waals surface area contributed by atoms with Crippen molar-refractivity contribution in [1.82, 2.24) is 25.0 Å². The second-order valence-electron chi connectivity index (χ2n) is 10.7. The average Bonchev–Trinajstić information content (AvgIpc) is 2.95. The van der Waals surface area contributed by atoms with Crippen molar-refractivity contribution in [2.75, 3.05) is 72.4 Å². The predicted octanol–water partition coefficient (Wildman–Crippen LogP) is 5.04. The number of allylic oxidation sites excluding steroid dienone is 2. The highest BCUT2D eigenvalue weighted by atomic mass is 16.2. The van der Waals surface area contributed by atoms with Crippen molar-refractivity contribution in [3.63, 3.8) is 0 Å². The molecule has 0 saturated carbocycles. The Bertz CT molecular complexity index is 1270. The molecule has 2 aliphatic heterocycles. The highest BCUT2D eigenvalue weighted by Crippen LogP contribution is 2.28. The van der Waals surface area contributed by atoms with E-state index in [0.717, 1.165) is 61.9 Å². The van der Waals surface area contributed by atoms with Crippen LogP contribution in [0, 0.1) is 13.8 Å². The summed E-state index contributed by atoms with van der Waals surface area (Å²) in [7, 11) is 7.66. The van der Waals surface area contributed by atoms with Crippen LogP contribution < -0.4 is 10.2 Å². The van der Waals surface area contributed by atoms with Gasteiger partial charge in [0.1, 0.15) is 5.82 Å². The maximum atomic E-state index is 12.3. The normalized spacial score (nSPS) is 16.1. The number of benzene rings is 1. The summed E-state index contributed by atoms with van der Waals surface area (Å²) in [6.07, 6.45) is 8.60. The maximum Gasteiger partial charge on any atom is 0.253 e. The minimum absolute atomic E-state index is 0.0460. The highest BCUT2D eigenvalue weighted by Gasteiger charge is 2.20. The third-order valence-corrected chi connectivity index (χ3v) is 7.48. The molecule has 0 bridgehead atoms. The summed E-state index contributed by atoms with van der Waals surface area (Å²) < 4.78 is 0. The topological polar surface area (TPSA) is 55.0 Å². The molecule has 0 spiro atoms. The second kappa shape index (κ2) is 14.2. The molecule has 1 aromatic carbocycles. The van der Waals surface area contributed by atoms with Gasteiger partial charge in [0.25, 0.3) is 5.91 Å². The second-order valence-corrected chi connectivity index (χ2v) is 10.7. The first-order valence-corrected chi connectivity index (χ1v) is 14.4. The van der Waals surface area contributed by atoms with Gasteiger partial charge in [0.2, 0.25) is 0 Å². The van der Waals surface area contributed by atoms with Crippen LogP contribution in [0.25, 0.3) is 11.6 Å². The molecular weight excluding hydrogens is 496 g/mol. The molecule has 3 heterocycles.